The standard InChI is InChI=1S/C14H10ClN3/c1-9-2-3-16-8-12(9)11-6-10(15)7-13-14(11)18-5-4-17-13/h2-8H,1H3. The van der Waals surface area contributed by atoms with Crippen LogP contribution in [-0.4, -0.2) is 15.0 Å². The van der Waals surface area contributed by atoms with Crippen LogP contribution < -0.4 is 0 Å². The Balaban J connectivity index is 2.39. The van der Waals surface area contributed by atoms with Crippen LogP contribution in [0.15, 0.2) is 43.0 Å². The van der Waals surface area contributed by atoms with E-state index in [1.165, 1.54) is 0 Å². The van der Waals surface area contributed by atoms with Crippen LogP contribution in [0.5, 0.6) is 0 Å². The molecule has 0 aliphatic rings. The maximum Gasteiger partial charge on any atom is 0.0966 e. The van der Waals surface area contributed by atoms with Crippen molar-refractivity contribution in [2.45, 2.75) is 6.92 Å². The molecule has 0 aliphatic heterocycles. The van der Waals surface area contributed by atoms with E-state index in [0.29, 0.717) is 5.02 Å². The molecule has 0 radical (unpaired) electrons. The third-order valence-corrected chi connectivity index (χ3v) is 3.09. The molecule has 1 aromatic carbocycles. The lowest BCUT2D eigenvalue weighted by atomic mass is 10.0. The Labute approximate surface area is 109 Å². The van der Waals surface area contributed by atoms with Gasteiger partial charge < -0.3 is 0 Å². The van der Waals surface area contributed by atoms with Crippen LogP contribution in [0.1, 0.15) is 5.56 Å². The van der Waals surface area contributed by atoms with Crippen molar-refractivity contribution in [2.75, 3.05) is 0 Å². The van der Waals surface area contributed by atoms with Crippen molar-refractivity contribution in [1.29, 1.82) is 0 Å². The Morgan fingerprint density at radius 2 is 1.83 bits per heavy atom. The van der Waals surface area contributed by atoms with Crippen molar-refractivity contribution in [3.05, 3.63) is 53.6 Å². The molecule has 0 aliphatic carbocycles. The predicted molar refractivity (Wildman–Crippen MR) is 72.5 cm³/mol. The average Bonchev–Trinajstić information content (AvgIpc) is 2.38. The van der Waals surface area contributed by atoms with Gasteiger partial charge in [0.1, 0.15) is 0 Å². The highest BCUT2D eigenvalue weighted by Gasteiger charge is 2.09. The van der Waals surface area contributed by atoms with E-state index < -0.39 is 0 Å². The molecule has 0 fully saturated rings. The molecular weight excluding hydrogens is 246 g/mol. The number of aromatic nitrogens is 3. The van der Waals surface area contributed by atoms with Crippen molar-refractivity contribution in [3.8, 4) is 11.1 Å². The third kappa shape index (κ3) is 1.83. The second-order valence-corrected chi connectivity index (χ2v) is 4.50. The quantitative estimate of drug-likeness (QED) is 0.666. The summed E-state index contributed by atoms with van der Waals surface area (Å²) in [5.41, 5.74) is 4.78. The largest absolute Gasteiger partial charge is 0.264 e. The number of hydrogen-bond donors (Lipinski definition) is 0. The van der Waals surface area contributed by atoms with Crippen molar-refractivity contribution in [1.82, 2.24) is 15.0 Å². The maximum absolute atomic E-state index is 6.14. The Bertz CT molecular complexity index is 725. The van der Waals surface area contributed by atoms with Crippen LogP contribution in [0, 0.1) is 6.92 Å². The third-order valence-electron chi connectivity index (χ3n) is 2.87. The summed E-state index contributed by atoms with van der Waals surface area (Å²) < 4.78 is 0. The molecule has 0 bridgehead atoms. The van der Waals surface area contributed by atoms with E-state index in [1.54, 1.807) is 18.6 Å². The number of hydrogen-bond acceptors (Lipinski definition) is 3. The van der Waals surface area contributed by atoms with Crippen LogP contribution in [0.25, 0.3) is 22.2 Å². The number of fused-ring (bicyclic) bond motifs is 1. The first-order valence-electron chi connectivity index (χ1n) is 5.57. The topological polar surface area (TPSA) is 38.7 Å². The Morgan fingerprint density at radius 3 is 2.67 bits per heavy atom. The zero-order valence-corrected chi connectivity index (χ0v) is 10.5. The van der Waals surface area contributed by atoms with Gasteiger partial charge in [0.2, 0.25) is 0 Å². The second kappa shape index (κ2) is 4.35. The van der Waals surface area contributed by atoms with Gasteiger partial charge in [-0.15, -0.1) is 0 Å². The van der Waals surface area contributed by atoms with Crippen LogP contribution in [0.4, 0.5) is 0 Å². The molecule has 2 heterocycles. The zero-order chi connectivity index (χ0) is 12.5. The average molecular weight is 256 g/mol. The summed E-state index contributed by atoms with van der Waals surface area (Å²) in [6, 6.07) is 5.69. The van der Waals surface area contributed by atoms with Crippen LogP contribution in [0.2, 0.25) is 5.02 Å². The first kappa shape index (κ1) is 11.1. The molecule has 4 heteroatoms. The summed E-state index contributed by atoms with van der Waals surface area (Å²) in [5, 5.41) is 0.654. The van der Waals surface area contributed by atoms with E-state index in [1.807, 2.05) is 31.3 Å². The summed E-state index contributed by atoms with van der Waals surface area (Å²) in [5.74, 6) is 0. The van der Waals surface area contributed by atoms with Gasteiger partial charge in [-0.2, -0.15) is 0 Å². The number of pyridine rings is 1. The molecule has 0 atom stereocenters. The molecule has 0 spiro atoms. The molecular formula is C14H10ClN3. The second-order valence-electron chi connectivity index (χ2n) is 4.07. The summed E-state index contributed by atoms with van der Waals surface area (Å²) in [6.07, 6.45) is 6.95. The fourth-order valence-corrected chi connectivity index (χ4v) is 2.20. The van der Waals surface area contributed by atoms with E-state index in [2.05, 4.69) is 15.0 Å². The van der Waals surface area contributed by atoms with E-state index in [4.69, 9.17) is 11.6 Å². The van der Waals surface area contributed by atoms with Crippen molar-refractivity contribution < 1.29 is 0 Å². The normalized spacial score (nSPS) is 10.8. The summed E-state index contributed by atoms with van der Waals surface area (Å²) in [6.45, 7) is 2.04. The number of halogens is 1. The highest BCUT2D eigenvalue weighted by atomic mass is 35.5. The molecule has 0 amide bonds. The van der Waals surface area contributed by atoms with Crippen LogP contribution in [-0.2, 0) is 0 Å². The molecule has 0 N–H and O–H groups in total. The highest BCUT2D eigenvalue weighted by molar-refractivity contribution is 6.31. The first-order chi connectivity index (χ1) is 8.75. The summed E-state index contributed by atoms with van der Waals surface area (Å²) >= 11 is 6.14. The smallest absolute Gasteiger partial charge is 0.0966 e. The molecule has 3 aromatic rings. The molecule has 3 rings (SSSR count). The minimum absolute atomic E-state index is 0.654. The molecule has 88 valence electrons. The zero-order valence-electron chi connectivity index (χ0n) is 9.76. The molecule has 0 saturated carbocycles. The highest BCUT2D eigenvalue weighted by Crippen LogP contribution is 2.31. The van der Waals surface area contributed by atoms with Gasteiger partial charge in [0.15, 0.2) is 0 Å². The van der Waals surface area contributed by atoms with Gasteiger partial charge in [0.05, 0.1) is 11.0 Å². The fraction of sp³-hybridized carbons (Fsp3) is 0.0714. The monoisotopic (exact) mass is 255 g/mol. The first-order valence-corrected chi connectivity index (χ1v) is 5.95. The molecule has 3 nitrogen and oxygen atoms in total. The summed E-state index contributed by atoms with van der Waals surface area (Å²) in [4.78, 5) is 12.8. The lowest BCUT2D eigenvalue weighted by molar-refractivity contribution is 1.27. The molecule has 0 saturated heterocycles. The Kier molecular flexibility index (Phi) is 2.68. The van der Waals surface area contributed by atoms with Crippen molar-refractivity contribution in [3.63, 3.8) is 0 Å². The molecule has 0 unspecified atom stereocenters. The predicted octanol–water partition coefficient (Wildman–Crippen LogP) is 3.65. The van der Waals surface area contributed by atoms with Crippen molar-refractivity contribution in [2.24, 2.45) is 0 Å². The summed E-state index contributed by atoms with van der Waals surface area (Å²) in [7, 11) is 0. The van der Waals surface area contributed by atoms with E-state index >= 15 is 0 Å². The number of benzene rings is 1. The van der Waals surface area contributed by atoms with Gasteiger partial charge in [-0.3, -0.25) is 15.0 Å². The van der Waals surface area contributed by atoms with Gasteiger partial charge in [-0.05, 0) is 30.7 Å². The van der Waals surface area contributed by atoms with Crippen LogP contribution >= 0.6 is 11.6 Å². The van der Waals surface area contributed by atoms with Gasteiger partial charge in [0.25, 0.3) is 0 Å². The van der Waals surface area contributed by atoms with Gasteiger partial charge in [-0.1, -0.05) is 11.6 Å². The lowest BCUT2D eigenvalue weighted by Gasteiger charge is -2.08. The number of aryl methyl sites for hydroxylation is 1. The SMILES string of the molecule is Cc1ccncc1-c1cc(Cl)cc2nccnc12. The Morgan fingerprint density at radius 1 is 1.00 bits per heavy atom. The maximum atomic E-state index is 6.14. The van der Waals surface area contributed by atoms with E-state index in [-0.39, 0.29) is 0 Å². The minimum atomic E-state index is 0.654. The number of nitrogens with zero attached hydrogens (tertiary/aromatic N) is 3. The molecule has 2 aromatic heterocycles. The van der Waals surface area contributed by atoms with Crippen LogP contribution in [0.3, 0.4) is 0 Å². The van der Waals surface area contributed by atoms with Gasteiger partial charge in [-0.25, -0.2) is 0 Å². The van der Waals surface area contributed by atoms with Gasteiger partial charge in [0, 0.05) is 40.9 Å². The fourth-order valence-electron chi connectivity index (χ4n) is 1.99. The lowest BCUT2D eigenvalue weighted by Crippen LogP contribution is -1.90. The Hall–Kier alpha value is -2.00. The molecule has 18 heavy (non-hydrogen) atoms. The number of rotatable bonds is 1. The van der Waals surface area contributed by atoms with E-state index in [0.717, 1.165) is 27.7 Å². The van der Waals surface area contributed by atoms with E-state index in [9.17, 15) is 0 Å². The van der Waals surface area contributed by atoms with Gasteiger partial charge >= 0.3 is 0 Å². The van der Waals surface area contributed by atoms with Crippen molar-refractivity contribution >= 4 is 22.6 Å². The minimum Gasteiger partial charge on any atom is -0.264 e.